The number of aliphatic hydroxyl groups excluding tert-OH is 1. The van der Waals surface area contributed by atoms with Gasteiger partial charge in [-0.1, -0.05) is 84.0 Å². The highest BCUT2D eigenvalue weighted by Crippen LogP contribution is 2.43. The highest BCUT2D eigenvalue weighted by Gasteiger charge is 2.33. The van der Waals surface area contributed by atoms with Crippen LogP contribution in [0.2, 0.25) is 0 Å². The van der Waals surface area contributed by atoms with Gasteiger partial charge >= 0.3 is 19.8 Å². The number of quaternary nitrogens is 1. The van der Waals surface area contributed by atoms with Crippen molar-refractivity contribution < 1.29 is 57.1 Å². The number of carbonyl (C=O) groups is 4. The summed E-state index contributed by atoms with van der Waals surface area (Å²) in [4.78, 5) is 57.7. The zero-order chi connectivity index (χ0) is 34.1. The van der Waals surface area contributed by atoms with Gasteiger partial charge < -0.3 is 24.3 Å². The Hall–Kier alpha value is -1.95. The van der Waals surface area contributed by atoms with Gasteiger partial charge in [-0.25, -0.2) is 9.36 Å². The lowest BCUT2D eigenvalue weighted by Crippen LogP contribution is -2.37. The van der Waals surface area contributed by atoms with Crippen molar-refractivity contribution in [1.29, 1.82) is 0 Å². The SMILES string of the molecule is CCCCCCCCCCCCCCCC(=O)OC(O)[C@@H](COP(=O)(O)OCC[N+](C)(C)C)C(=O)CCCC(=O)/C=C/C(=O)O. The molecule has 2 unspecified atom stereocenters. The van der Waals surface area contributed by atoms with Gasteiger partial charge in [0.25, 0.3) is 0 Å². The smallest absolute Gasteiger partial charge is 0.472 e. The van der Waals surface area contributed by atoms with E-state index in [2.05, 4.69) is 6.92 Å². The average molecular weight is 665 g/mol. The van der Waals surface area contributed by atoms with Crippen LogP contribution in [-0.2, 0) is 37.5 Å². The monoisotopic (exact) mass is 664 g/mol. The molecule has 3 N–H and O–H groups in total. The summed E-state index contributed by atoms with van der Waals surface area (Å²) in [6, 6.07) is 0. The van der Waals surface area contributed by atoms with E-state index in [0.717, 1.165) is 31.8 Å². The number of carbonyl (C=O) groups excluding carboxylic acids is 3. The van der Waals surface area contributed by atoms with E-state index in [4.69, 9.17) is 18.9 Å². The second kappa shape index (κ2) is 25.2. The summed E-state index contributed by atoms with van der Waals surface area (Å²) in [5.74, 6) is -4.64. The quantitative estimate of drug-likeness (QED) is 0.0214. The van der Waals surface area contributed by atoms with Crippen molar-refractivity contribution in [2.45, 2.75) is 122 Å². The Balaban J connectivity index is 4.72. The van der Waals surface area contributed by atoms with Gasteiger partial charge in [0.15, 0.2) is 5.78 Å². The standard InChI is InChI=1S/C32H58NO11P/c1-5-6-7-8-9-10-11-12-13-14-15-16-17-21-31(38)44-32(39)28(26-43-45(40,41)42-25-24-33(2,3)4)29(35)20-18-19-27(34)22-23-30(36)37/h22-23,28,32,39H,5-21,24-26H2,1-4H3,(H-,36,37,40,41)/p+1/b23-22+/t28-,32?/m0/s1. The first kappa shape index (κ1) is 43.0. The maximum Gasteiger partial charge on any atom is 0.472 e. The maximum atomic E-state index is 12.9. The average Bonchev–Trinajstić information content (AvgIpc) is 2.93. The first-order valence-electron chi connectivity index (χ1n) is 16.4. The second-order valence-electron chi connectivity index (χ2n) is 12.5. The van der Waals surface area contributed by atoms with Crippen LogP contribution in [0.4, 0.5) is 0 Å². The van der Waals surface area contributed by atoms with Gasteiger partial charge in [0, 0.05) is 25.3 Å². The number of nitrogens with zero attached hydrogens (tertiary/aromatic N) is 1. The van der Waals surface area contributed by atoms with Crippen LogP contribution in [0.3, 0.4) is 0 Å². The highest BCUT2D eigenvalue weighted by atomic mass is 31.2. The first-order chi connectivity index (χ1) is 21.2. The van der Waals surface area contributed by atoms with Gasteiger partial charge in [-0.15, -0.1) is 0 Å². The lowest BCUT2D eigenvalue weighted by atomic mass is 9.99. The number of rotatable bonds is 30. The molecular weight excluding hydrogens is 605 g/mol. The molecule has 0 aliphatic carbocycles. The molecule has 12 nitrogen and oxygen atoms in total. The number of phosphoric acid groups is 1. The Morgan fingerprint density at radius 2 is 1.29 bits per heavy atom. The molecule has 0 fully saturated rings. The number of ketones is 2. The molecular formula is C32H59NO11P+. The van der Waals surface area contributed by atoms with Crippen molar-refractivity contribution in [3.63, 3.8) is 0 Å². The molecule has 0 rings (SSSR count). The van der Waals surface area contributed by atoms with E-state index in [-0.39, 0.29) is 32.3 Å². The molecule has 45 heavy (non-hydrogen) atoms. The van der Waals surface area contributed by atoms with Crippen LogP contribution in [0.5, 0.6) is 0 Å². The number of aliphatic hydroxyl groups is 1. The third kappa shape index (κ3) is 26.9. The number of ether oxygens (including phenoxy) is 1. The first-order valence-corrected chi connectivity index (χ1v) is 17.9. The van der Waals surface area contributed by atoms with Gasteiger partial charge in [0.1, 0.15) is 24.9 Å². The normalized spacial score (nSPS) is 14.6. The van der Waals surface area contributed by atoms with E-state index in [0.29, 0.717) is 23.5 Å². The summed E-state index contributed by atoms with van der Waals surface area (Å²) < 4.78 is 27.8. The Morgan fingerprint density at radius 1 is 0.756 bits per heavy atom. The third-order valence-electron chi connectivity index (χ3n) is 7.19. The van der Waals surface area contributed by atoms with Gasteiger partial charge in [-0.2, -0.15) is 0 Å². The van der Waals surface area contributed by atoms with E-state index in [1.54, 1.807) is 0 Å². The molecule has 0 aromatic heterocycles. The fourth-order valence-electron chi connectivity index (χ4n) is 4.41. The lowest BCUT2D eigenvalue weighted by Gasteiger charge is -2.25. The van der Waals surface area contributed by atoms with E-state index < -0.39 is 50.1 Å². The van der Waals surface area contributed by atoms with Crippen LogP contribution >= 0.6 is 7.82 Å². The predicted molar refractivity (Wildman–Crippen MR) is 171 cm³/mol. The van der Waals surface area contributed by atoms with E-state index in [1.165, 1.54) is 51.4 Å². The van der Waals surface area contributed by atoms with Crippen LogP contribution in [0, 0.1) is 5.92 Å². The van der Waals surface area contributed by atoms with E-state index >= 15 is 0 Å². The number of Topliss-reactive ketones (excluding diaryl/α,β-unsaturated/α-hetero) is 1. The number of phosphoric ester groups is 1. The number of likely N-dealkylation sites (N-methyl/N-ethyl adjacent to an activating group) is 1. The predicted octanol–water partition coefficient (Wildman–Crippen LogP) is 5.73. The number of hydrogen-bond donors (Lipinski definition) is 3. The number of allylic oxidation sites excluding steroid dienone is 1. The molecule has 0 aliphatic heterocycles. The van der Waals surface area contributed by atoms with E-state index in [1.807, 2.05) is 21.1 Å². The van der Waals surface area contributed by atoms with Crippen LogP contribution in [0.15, 0.2) is 12.2 Å². The van der Waals surface area contributed by atoms with Gasteiger partial charge in [0.2, 0.25) is 6.29 Å². The Morgan fingerprint density at radius 3 is 1.80 bits per heavy atom. The molecule has 262 valence electrons. The molecule has 0 amide bonds. The lowest BCUT2D eigenvalue weighted by molar-refractivity contribution is -0.870. The number of carboxylic acid groups (broad SMARTS) is 1. The minimum absolute atomic E-state index is 0.0224. The number of unbranched alkanes of at least 4 members (excludes halogenated alkanes) is 12. The number of hydrogen-bond acceptors (Lipinski definition) is 9. The molecule has 3 atom stereocenters. The largest absolute Gasteiger partial charge is 0.478 e. The molecule has 0 saturated heterocycles. The number of carboxylic acids is 1. The minimum Gasteiger partial charge on any atom is -0.478 e. The topological polar surface area (TPSA) is 174 Å². The molecule has 0 aromatic carbocycles. The minimum atomic E-state index is -4.58. The van der Waals surface area contributed by atoms with Crippen LogP contribution in [0.1, 0.15) is 116 Å². The molecule has 0 saturated carbocycles. The summed E-state index contributed by atoms with van der Waals surface area (Å²) in [5, 5.41) is 19.2. The molecule has 0 aromatic rings. The van der Waals surface area contributed by atoms with Gasteiger partial charge in [-0.05, 0) is 18.9 Å². The number of esters is 1. The van der Waals surface area contributed by atoms with Crippen molar-refractivity contribution in [1.82, 2.24) is 0 Å². The highest BCUT2D eigenvalue weighted by molar-refractivity contribution is 7.47. The van der Waals surface area contributed by atoms with Crippen LogP contribution < -0.4 is 0 Å². The molecule has 0 aliphatic rings. The fraction of sp³-hybridized carbons (Fsp3) is 0.812. The second-order valence-corrected chi connectivity index (χ2v) is 14.0. The Bertz CT molecular complexity index is 933. The molecule has 0 spiro atoms. The summed E-state index contributed by atoms with van der Waals surface area (Å²) in [6.45, 7) is 1.77. The summed E-state index contributed by atoms with van der Waals surface area (Å²) in [7, 11) is 1.02. The van der Waals surface area contributed by atoms with Crippen LogP contribution in [0.25, 0.3) is 0 Å². The van der Waals surface area contributed by atoms with Crippen molar-refractivity contribution in [2.75, 3.05) is 40.9 Å². The Labute approximate surface area is 269 Å². The molecule has 0 bridgehead atoms. The molecule has 0 heterocycles. The number of aliphatic carboxylic acids is 1. The zero-order valence-electron chi connectivity index (χ0n) is 28.0. The summed E-state index contributed by atoms with van der Waals surface area (Å²) in [5.41, 5.74) is 0. The van der Waals surface area contributed by atoms with Gasteiger partial charge in [-0.3, -0.25) is 23.4 Å². The van der Waals surface area contributed by atoms with Gasteiger partial charge in [0.05, 0.1) is 27.7 Å². The van der Waals surface area contributed by atoms with Crippen molar-refractivity contribution in [3.8, 4) is 0 Å². The van der Waals surface area contributed by atoms with Crippen molar-refractivity contribution in [3.05, 3.63) is 12.2 Å². The fourth-order valence-corrected chi connectivity index (χ4v) is 5.14. The van der Waals surface area contributed by atoms with Crippen LogP contribution in [-0.4, -0.2) is 90.3 Å². The molecule has 0 radical (unpaired) electrons. The zero-order valence-corrected chi connectivity index (χ0v) is 28.8. The van der Waals surface area contributed by atoms with E-state index in [9.17, 15) is 33.7 Å². The third-order valence-corrected chi connectivity index (χ3v) is 8.17. The summed E-state index contributed by atoms with van der Waals surface area (Å²) in [6.07, 6.45) is 14.3. The van der Waals surface area contributed by atoms with Crippen molar-refractivity contribution >= 4 is 31.3 Å². The molecule has 13 heteroatoms. The van der Waals surface area contributed by atoms with Crippen molar-refractivity contribution in [2.24, 2.45) is 5.92 Å². The maximum absolute atomic E-state index is 12.9. The Kier molecular flexibility index (Phi) is 24.1. The summed E-state index contributed by atoms with van der Waals surface area (Å²) >= 11 is 0.